The summed E-state index contributed by atoms with van der Waals surface area (Å²) in [5.74, 6) is 1.12. The maximum atomic E-state index is 13.8. The summed E-state index contributed by atoms with van der Waals surface area (Å²) in [5.41, 5.74) is 4.18. The number of carbonyl (C=O) groups excluding carboxylic acids is 3. The van der Waals surface area contributed by atoms with Crippen molar-refractivity contribution in [2.45, 2.75) is 70.9 Å². The Morgan fingerprint density at radius 2 is 1.43 bits per heavy atom. The van der Waals surface area contributed by atoms with E-state index >= 15 is 0 Å². The molecule has 0 radical (unpaired) electrons. The Hall–Kier alpha value is -5.82. The van der Waals surface area contributed by atoms with Gasteiger partial charge in [-0.1, -0.05) is 41.5 Å². The van der Waals surface area contributed by atoms with Crippen LogP contribution in [0.3, 0.4) is 0 Å². The highest BCUT2D eigenvalue weighted by atomic mass is 16.6. The second-order valence-electron chi connectivity index (χ2n) is 13.8. The first-order chi connectivity index (χ1) is 26.2. The smallest absolute Gasteiger partial charge is 0.416 e. The molecule has 0 bridgehead atoms. The molecule has 4 heterocycles. The van der Waals surface area contributed by atoms with Gasteiger partial charge in [0.2, 0.25) is 0 Å². The van der Waals surface area contributed by atoms with Crippen LogP contribution in [0.15, 0.2) is 83.1 Å². The average molecular weight is 737 g/mol. The van der Waals surface area contributed by atoms with Gasteiger partial charge >= 0.3 is 6.09 Å². The third-order valence-corrected chi connectivity index (χ3v) is 9.95. The standard InChI is InChI=1S/C41H44N4O9/c1-25-15-28-21-42-31-19-36(34(50-3)17-29(31)38(46)43(28)22-25)52-13-9-6-10-14-53-37-20-32-30(18-35(37)51-4)39(47)44-23-26(2)16-33(44)40(48)45(32)41(49)54-24-27-11-7-5-8-12-27/h5,7-8,11-12,17-23,28,33,40,48H,6,9-10,13-16,24H2,1-4H3/t28-,33?,40?/m0/s1. The number of methoxy groups -OCH3 is 2. The molecule has 13 heteroatoms. The number of amides is 3. The molecule has 54 heavy (non-hydrogen) atoms. The number of anilines is 1. The molecule has 0 fully saturated rings. The SMILES string of the molecule is COc1cc2c(cc1OCCCCCOc1cc3c(cc1OC)C(=O)N1C=C(C)CC1C(O)N3C(=O)OCc1ccccc1)N=C[C@@H]1CC(C)=CN1C2=O. The van der Waals surface area contributed by atoms with Gasteiger partial charge < -0.3 is 38.6 Å². The van der Waals surface area contributed by atoms with E-state index in [1.165, 1.54) is 12.0 Å². The number of aliphatic hydroxyl groups is 1. The summed E-state index contributed by atoms with van der Waals surface area (Å²) in [4.78, 5) is 49.7. The van der Waals surface area contributed by atoms with Gasteiger partial charge in [-0.15, -0.1) is 0 Å². The van der Waals surface area contributed by atoms with Crippen molar-refractivity contribution in [3.05, 3.63) is 94.8 Å². The second kappa shape index (κ2) is 15.7. The minimum Gasteiger partial charge on any atom is -0.493 e. The molecule has 3 aromatic rings. The Morgan fingerprint density at radius 3 is 2.13 bits per heavy atom. The van der Waals surface area contributed by atoms with Gasteiger partial charge in [0, 0.05) is 30.7 Å². The molecule has 0 aromatic heterocycles. The summed E-state index contributed by atoms with van der Waals surface area (Å²) in [7, 11) is 3.02. The van der Waals surface area contributed by atoms with E-state index in [1.54, 1.807) is 42.5 Å². The number of benzene rings is 3. The molecule has 0 saturated heterocycles. The third kappa shape index (κ3) is 7.23. The van der Waals surface area contributed by atoms with E-state index in [0.29, 0.717) is 66.7 Å². The highest BCUT2D eigenvalue weighted by molar-refractivity contribution is 6.06. The monoisotopic (exact) mass is 736 g/mol. The van der Waals surface area contributed by atoms with Gasteiger partial charge in [-0.05, 0) is 63.6 Å². The Labute approximate surface area is 314 Å². The van der Waals surface area contributed by atoms with E-state index < -0.39 is 18.4 Å². The summed E-state index contributed by atoms with van der Waals surface area (Å²) in [5, 5.41) is 11.6. The molecule has 4 aliphatic rings. The van der Waals surface area contributed by atoms with Crippen LogP contribution in [-0.2, 0) is 11.3 Å². The van der Waals surface area contributed by atoms with E-state index in [2.05, 4.69) is 4.99 Å². The van der Waals surface area contributed by atoms with Crippen LogP contribution in [0.1, 0.15) is 72.2 Å². The molecule has 3 atom stereocenters. The van der Waals surface area contributed by atoms with Crippen molar-refractivity contribution in [1.82, 2.24) is 9.80 Å². The number of aliphatic hydroxyl groups excluding tert-OH is 1. The fourth-order valence-electron chi connectivity index (χ4n) is 7.21. The zero-order valence-electron chi connectivity index (χ0n) is 30.8. The predicted octanol–water partition coefficient (Wildman–Crippen LogP) is 6.76. The largest absolute Gasteiger partial charge is 0.493 e. The van der Waals surface area contributed by atoms with Crippen LogP contribution in [0.5, 0.6) is 23.0 Å². The van der Waals surface area contributed by atoms with Crippen LogP contribution in [0.4, 0.5) is 16.2 Å². The van der Waals surface area contributed by atoms with Crippen LogP contribution < -0.4 is 23.8 Å². The van der Waals surface area contributed by atoms with Gasteiger partial charge in [0.25, 0.3) is 11.8 Å². The van der Waals surface area contributed by atoms with Gasteiger partial charge in [-0.2, -0.15) is 0 Å². The molecule has 4 aliphatic heterocycles. The molecule has 0 saturated carbocycles. The molecule has 0 aliphatic carbocycles. The van der Waals surface area contributed by atoms with Gasteiger partial charge in [0.1, 0.15) is 6.61 Å². The first-order valence-electron chi connectivity index (χ1n) is 18.1. The zero-order valence-corrected chi connectivity index (χ0v) is 30.8. The molecule has 2 unspecified atom stereocenters. The molecule has 3 aromatic carbocycles. The molecule has 282 valence electrons. The Morgan fingerprint density at radius 1 is 0.796 bits per heavy atom. The second-order valence-corrected chi connectivity index (χ2v) is 13.8. The lowest BCUT2D eigenvalue weighted by atomic mass is 10.1. The Bertz CT molecular complexity index is 2030. The average Bonchev–Trinajstić information content (AvgIpc) is 3.72. The maximum Gasteiger partial charge on any atom is 0.416 e. The van der Waals surface area contributed by atoms with Gasteiger partial charge in [0.05, 0.1) is 62.0 Å². The number of unbranched alkanes of at least 4 members (excludes halogenated alkanes) is 2. The minimum atomic E-state index is -1.38. The Kier molecular flexibility index (Phi) is 10.6. The van der Waals surface area contributed by atoms with Crippen molar-refractivity contribution in [3.63, 3.8) is 0 Å². The van der Waals surface area contributed by atoms with Crippen molar-refractivity contribution in [3.8, 4) is 23.0 Å². The topological polar surface area (TPSA) is 140 Å². The first-order valence-corrected chi connectivity index (χ1v) is 18.1. The summed E-state index contributed by atoms with van der Waals surface area (Å²) in [6.07, 6.45) is 6.52. The number of hydrogen-bond donors (Lipinski definition) is 1. The van der Waals surface area contributed by atoms with Gasteiger partial charge in [-0.3, -0.25) is 14.6 Å². The number of fused-ring (bicyclic) bond motifs is 4. The molecular weight excluding hydrogens is 692 g/mol. The van der Waals surface area contributed by atoms with Crippen LogP contribution in [0.25, 0.3) is 0 Å². The summed E-state index contributed by atoms with van der Waals surface area (Å²) in [6.45, 7) is 4.58. The molecule has 13 nitrogen and oxygen atoms in total. The van der Waals surface area contributed by atoms with E-state index in [0.717, 1.165) is 34.5 Å². The fraction of sp³-hybridized carbons (Fsp3) is 0.366. The number of ether oxygens (including phenoxy) is 5. The highest BCUT2D eigenvalue weighted by Crippen LogP contribution is 2.42. The maximum absolute atomic E-state index is 13.8. The number of rotatable bonds is 12. The first kappa shape index (κ1) is 36.5. The molecular formula is C41H44N4O9. The Balaban J connectivity index is 1.00. The minimum absolute atomic E-state index is 0.00929. The molecule has 1 N–H and O–H groups in total. The van der Waals surface area contributed by atoms with Crippen molar-refractivity contribution in [2.75, 3.05) is 32.3 Å². The van der Waals surface area contributed by atoms with Gasteiger partial charge in [0.15, 0.2) is 29.2 Å². The van der Waals surface area contributed by atoms with E-state index in [1.807, 2.05) is 56.6 Å². The summed E-state index contributed by atoms with van der Waals surface area (Å²) < 4.78 is 29.1. The summed E-state index contributed by atoms with van der Waals surface area (Å²) >= 11 is 0. The molecule has 7 rings (SSSR count). The zero-order chi connectivity index (χ0) is 37.9. The number of nitrogens with zero attached hydrogens (tertiary/aromatic N) is 4. The van der Waals surface area contributed by atoms with Crippen molar-refractivity contribution in [1.29, 1.82) is 0 Å². The number of carbonyl (C=O) groups is 3. The van der Waals surface area contributed by atoms with E-state index in [-0.39, 0.29) is 35.7 Å². The lowest BCUT2D eigenvalue weighted by Crippen LogP contribution is -2.50. The van der Waals surface area contributed by atoms with Crippen molar-refractivity contribution in [2.24, 2.45) is 4.99 Å². The third-order valence-electron chi connectivity index (χ3n) is 9.95. The number of hydrogen-bond acceptors (Lipinski definition) is 10. The molecule has 3 amide bonds. The normalized spacial score (nSPS) is 19.9. The van der Waals surface area contributed by atoms with Crippen molar-refractivity contribution < 1.29 is 43.2 Å². The predicted molar refractivity (Wildman–Crippen MR) is 201 cm³/mol. The van der Waals surface area contributed by atoms with E-state index in [4.69, 9.17) is 23.7 Å². The van der Waals surface area contributed by atoms with Gasteiger partial charge in [-0.25, -0.2) is 9.69 Å². The summed E-state index contributed by atoms with van der Waals surface area (Å²) in [6, 6.07) is 15.0. The number of aliphatic imine (C=N–C) groups is 1. The van der Waals surface area contributed by atoms with Crippen LogP contribution in [0, 0.1) is 0 Å². The lowest BCUT2D eigenvalue weighted by molar-refractivity contribution is 0.0544. The fourth-order valence-corrected chi connectivity index (χ4v) is 7.21. The van der Waals surface area contributed by atoms with Crippen LogP contribution in [0.2, 0.25) is 0 Å². The highest BCUT2D eigenvalue weighted by Gasteiger charge is 2.45. The van der Waals surface area contributed by atoms with Crippen molar-refractivity contribution >= 4 is 35.5 Å². The van der Waals surface area contributed by atoms with Crippen LogP contribution in [-0.4, -0.2) is 84.8 Å². The quantitative estimate of drug-likeness (QED) is 0.200. The molecule has 0 spiro atoms. The lowest BCUT2D eigenvalue weighted by Gasteiger charge is -2.31. The van der Waals surface area contributed by atoms with E-state index in [9.17, 15) is 19.5 Å². The van der Waals surface area contributed by atoms with Crippen LogP contribution >= 0.6 is 0 Å².